The summed E-state index contributed by atoms with van der Waals surface area (Å²) in [5.41, 5.74) is 1.99. The standard InChI is InChI=1S/C23H21N7O4/c1-34-22(33)15-4-2-5-16(12-15)27-21(32)19-13-18(6-7-20(19)31)30-14-17(28-29-30)8-11-26-23-24-9-3-10-25-23/h2-7,9-10,12-14,31H,8,11H2,1H3,(H,27,32)(H,24,25,26). The maximum Gasteiger partial charge on any atom is 0.337 e. The Bertz CT molecular complexity index is 1310. The highest BCUT2D eigenvalue weighted by atomic mass is 16.5. The summed E-state index contributed by atoms with van der Waals surface area (Å²) in [4.78, 5) is 32.7. The van der Waals surface area contributed by atoms with E-state index in [0.717, 1.165) is 5.69 Å². The smallest absolute Gasteiger partial charge is 0.337 e. The number of nitrogens with one attached hydrogen (secondary N) is 2. The average Bonchev–Trinajstić information content (AvgIpc) is 3.33. The fraction of sp³-hybridized carbons (Fsp3) is 0.130. The Balaban J connectivity index is 1.45. The number of aromatic hydroxyl groups is 1. The summed E-state index contributed by atoms with van der Waals surface area (Å²) >= 11 is 0. The van der Waals surface area contributed by atoms with E-state index in [9.17, 15) is 14.7 Å². The van der Waals surface area contributed by atoms with Gasteiger partial charge in [-0.2, -0.15) is 0 Å². The molecule has 34 heavy (non-hydrogen) atoms. The number of carbonyl (C=O) groups excluding carboxylic acids is 2. The summed E-state index contributed by atoms with van der Waals surface area (Å²) in [6, 6.07) is 12.6. The molecule has 0 aliphatic rings. The van der Waals surface area contributed by atoms with Crippen molar-refractivity contribution in [1.29, 1.82) is 0 Å². The van der Waals surface area contributed by atoms with E-state index in [1.165, 1.54) is 30.0 Å². The van der Waals surface area contributed by atoms with Crippen LogP contribution in [0, 0.1) is 0 Å². The van der Waals surface area contributed by atoms with Crippen LogP contribution in [-0.2, 0) is 11.2 Å². The second-order valence-electron chi connectivity index (χ2n) is 7.13. The van der Waals surface area contributed by atoms with Gasteiger partial charge in [-0.25, -0.2) is 19.4 Å². The first-order valence-corrected chi connectivity index (χ1v) is 10.3. The van der Waals surface area contributed by atoms with Gasteiger partial charge in [-0.1, -0.05) is 11.3 Å². The third-order valence-corrected chi connectivity index (χ3v) is 4.80. The van der Waals surface area contributed by atoms with Crippen LogP contribution in [0.2, 0.25) is 0 Å². The lowest BCUT2D eigenvalue weighted by molar-refractivity contribution is 0.0600. The predicted octanol–water partition coefficient (Wildman–Crippen LogP) is 2.46. The summed E-state index contributed by atoms with van der Waals surface area (Å²) in [7, 11) is 1.28. The van der Waals surface area contributed by atoms with Gasteiger partial charge in [-0.15, -0.1) is 5.10 Å². The summed E-state index contributed by atoms with van der Waals surface area (Å²) in [5, 5.41) is 24.3. The van der Waals surface area contributed by atoms with E-state index in [1.54, 1.807) is 48.9 Å². The SMILES string of the molecule is COC(=O)c1cccc(NC(=O)c2cc(-n3cc(CCNc4ncccn4)nn3)ccc2O)c1. The number of ether oxygens (including phenoxy) is 1. The van der Waals surface area contributed by atoms with E-state index in [4.69, 9.17) is 4.74 Å². The zero-order valence-electron chi connectivity index (χ0n) is 18.2. The normalized spacial score (nSPS) is 10.5. The van der Waals surface area contributed by atoms with Gasteiger partial charge in [0, 0.05) is 31.0 Å². The highest BCUT2D eigenvalue weighted by molar-refractivity contribution is 6.07. The maximum atomic E-state index is 12.8. The molecule has 0 aliphatic carbocycles. The maximum absolute atomic E-state index is 12.8. The van der Waals surface area contributed by atoms with Gasteiger partial charge in [0.15, 0.2) is 0 Å². The molecule has 0 bridgehead atoms. The molecule has 11 nitrogen and oxygen atoms in total. The molecule has 0 fully saturated rings. The molecule has 172 valence electrons. The summed E-state index contributed by atoms with van der Waals surface area (Å²) in [5.74, 6) is -0.734. The van der Waals surface area contributed by atoms with Crippen LogP contribution in [0.15, 0.2) is 67.1 Å². The Morgan fingerprint density at radius 2 is 1.91 bits per heavy atom. The van der Waals surface area contributed by atoms with Gasteiger partial charge < -0.3 is 20.5 Å². The van der Waals surface area contributed by atoms with Crippen LogP contribution >= 0.6 is 0 Å². The number of phenols is 1. The van der Waals surface area contributed by atoms with Gasteiger partial charge in [-0.05, 0) is 42.5 Å². The molecule has 0 saturated carbocycles. The quantitative estimate of drug-likeness (QED) is 0.338. The van der Waals surface area contributed by atoms with E-state index in [2.05, 4.69) is 30.9 Å². The number of aromatic nitrogens is 5. The number of carbonyl (C=O) groups is 2. The molecule has 0 saturated heterocycles. The third kappa shape index (κ3) is 5.33. The molecule has 0 unspecified atom stereocenters. The fourth-order valence-corrected chi connectivity index (χ4v) is 3.12. The van der Waals surface area contributed by atoms with Crippen LogP contribution in [0.5, 0.6) is 5.75 Å². The van der Waals surface area contributed by atoms with Crippen LogP contribution in [0.4, 0.5) is 11.6 Å². The van der Waals surface area contributed by atoms with Crippen molar-refractivity contribution in [1.82, 2.24) is 25.0 Å². The summed E-state index contributed by atoms with van der Waals surface area (Å²) in [6.07, 6.45) is 5.63. The number of benzene rings is 2. The van der Waals surface area contributed by atoms with Gasteiger partial charge in [0.1, 0.15) is 5.75 Å². The van der Waals surface area contributed by atoms with E-state index in [0.29, 0.717) is 35.9 Å². The molecule has 0 aliphatic heterocycles. The third-order valence-electron chi connectivity index (χ3n) is 4.80. The van der Waals surface area contributed by atoms with Gasteiger partial charge in [0.25, 0.3) is 5.91 Å². The van der Waals surface area contributed by atoms with Crippen molar-refractivity contribution in [3.63, 3.8) is 0 Å². The average molecular weight is 459 g/mol. The minimum Gasteiger partial charge on any atom is -0.507 e. The topological polar surface area (TPSA) is 144 Å². The number of hydrogen-bond acceptors (Lipinski definition) is 9. The second-order valence-corrected chi connectivity index (χ2v) is 7.13. The molecule has 0 spiro atoms. The van der Waals surface area contributed by atoms with Crippen LogP contribution in [-0.4, -0.2) is 55.6 Å². The first kappa shape index (κ1) is 22.4. The first-order valence-electron chi connectivity index (χ1n) is 10.3. The zero-order chi connectivity index (χ0) is 23.9. The van der Waals surface area contributed by atoms with Crippen molar-refractivity contribution >= 4 is 23.5 Å². The minimum atomic E-state index is -0.547. The van der Waals surface area contributed by atoms with Crippen LogP contribution in [0.1, 0.15) is 26.4 Å². The number of amides is 1. The molecule has 4 aromatic rings. The lowest BCUT2D eigenvalue weighted by Crippen LogP contribution is -2.13. The van der Waals surface area contributed by atoms with Crippen LogP contribution < -0.4 is 10.6 Å². The van der Waals surface area contributed by atoms with Crippen molar-refractivity contribution < 1.29 is 19.4 Å². The van der Waals surface area contributed by atoms with Crippen molar-refractivity contribution in [3.8, 4) is 11.4 Å². The number of anilines is 2. The molecule has 0 radical (unpaired) electrons. The highest BCUT2D eigenvalue weighted by Crippen LogP contribution is 2.22. The van der Waals surface area contributed by atoms with E-state index in [1.807, 2.05) is 0 Å². The van der Waals surface area contributed by atoms with Crippen molar-refractivity contribution in [2.45, 2.75) is 6.42 Å². The Labute approximate surface area is 194 Å². The molecule has 1 amide bonds. The van der Waals surface area contributed by atoms with E-state index >= 15 is 0 Å². The van der Waals surface area contributed by atoms with Gasteiger partial charge in [0.2, 0.25) is 5.95 Å². The van der Waals surface area contributed by atoms with Gasteiger partial charge >= 0.3 is 5.97 Å². The highest BCUT2D eigenvalue weighted by Gasteiger charge is 2.15. The minimum absolute atomic E-state index is 0.0425. The fourth-order valence-electron chi connectivity index (χ4n) is 3.12. The molecule has 11 heteroatoms. The van der Waals surface area contributed by atoms with Crippen molar-refractivity contribution in [2.24, 2.45) is 0 Å². The Morgan fingerprint density at radius 3 is 2.71 bits per heavy atom. The lowest BCUT2D eigenvalue weighted by atomic mass is 10.1. The number of rotatable bonds is 8. The Morgan fingerprint density at radius 1 is 1.09 bits per heavy atom. The Hall–Kier alpha value is -4.80. The Kier molecular flexibility index (Phi) is 6.73. The number of esters is 1. The van der Waals surface area contributed by atoms with Crippen molar-refractivity contribution in [3.05, 3.63) is 83.9 Å². The van der Waals surface area contributed by atoms with E-state index < -0.39 is 11.9 Å². The van der Waals surface area contributed by atoms with E-state index in [-0.39, 0.29) is 11.3 Å². The lowest BCUT2D eigenvalue weighted by Gasteiger charge is -2.10. The zero-order valence-corrected chi connectivity index (χ0v) is 18.2. The molecule has 2 aromatic carbocycles. The van der Waals surface area contributed by atoms with Crippen LogP contribution in [0.3, 0.4) is 0 Å². The molecule has 0 atom stereocenters. The molecule has 2 heterocycles. The van der Waals surface area contributed by atoms with Crippen molar-refractivity contribution in [2.75, 3.05) is 24.3 Å². The van der Waals surface area contributed by atoms with Gasteiger partial charge in [0.05, 0.1) is 35.8 Å². The number of hydrogen-bond donors (Lipinski definition) is 3. The molecule has 3 N–H and O–H groups in total. The molecular formula is C23H21N7O4. The monoisotopic (exact) mass is 459 g/mol. The molecule has 2 aromatic heterocycles. The molecule has 4 rings (SSSR count). The first-order chi connectivity index (χ1) is 16.5. The largest absolute Gasteiger partial charge is 0.507 e. The summed E-state index contributed by atoms with van der Waals surface area (Å²) < 4.78 is 6.21. The molecular weight excluding hydrogens is 438 g/mol. The number of nitrogens with zero attached hydrogens (tertiary/aromatic N) is 5. The number of methoxy groups -OCH3 is 1. The van der Waals surface area contributed by atoms with Gasteiger partial charge in [-0.3, -0.25) is 4.79 Å². The van der Waals surface area contributed by atoms with Crippen LogP contribution in [0.25, 0.3) is 5.69 Å². The predicted molar refractivity (Wildman–Crippen MR) is 123 cm³/mol. The second kappa shape index (κ2) is 10.2. The summed E-state index contributed by atoms with van der Waals surface area (Å²) in [6.45, 7) is 0.566. The number of phenolic OH excluding ortho intramolecular Hbond substituents is 1.